The molecule has 1 heterocycles. The minimum atomic E-state index is -3.52. The highest BCUT2D eigenvalue weighted by Gasteiger charge is 2.25. The summed E-state index contributed by atoms with van der Waals surface area (Å²) in [7, 11) is -3.52. The molecule has 1 unspecified atom stereocenters. The summed E-state index contributed by atoms with van der Waals surface area (Å²) in [6.45, 7) is 8.10. The molecule has 0 aliphatic carbocycles. The number of nitrogens with one attached hydrogen (secondary N) is 2. The Bertz CT molecular complexity index is 687. The van der Waals surface area contributed by atoms with Crippen molar-refractivity contribution in [3.63, 3.8) is 0 Å². The van der Waals surface area contributed by atoms with Crippen LogP contribution in [0.25, 0.3) is 0 Å². The first kappa shape index (κ1) is 19.9. The maximum Gasteiger partial charge on any atom is 0.279 e. The van der Waals surface area contributed by atoms with Crippen molar-refractivity contribution in [2.75, 3.05) is 31.5 Å². The lowest BCUT2D eigenvalue weighted by Gasteiger charge is -2.29. The van der Waals surface area contributed by atoms with Crippen LogP contribution in [0.2, 0.25) is 0 Å². The fourth-order valence-electron chi connectivity index (χ4n) is 3.37. The van der Waals surface area contributed by atoms with Crippen LogP contribution in [0, 0.1) is 0 Å². The van der Waals surface area contributed by atoms with Gasteiger partial charge in [-0.1, -0.05) is 19.9 Å². The summed E-state index contributed by atoms with van der Waals surface area (Å²) in [4.78, 5) is 13.9. The smallest absolute Gasteiger partial charge is 0.279 e. The van der Waals surface area contributed by atoms with Crippen LogP contribution >= 0.6 is 0 Å². The third-order valence-corrected chi connectivity index (χ3v) is 6.98. The molecule has 1 amide bonds. The van der Waals surface area contributed by atoms with E-state index in [0.29, 0.717) is 31.4 Å². The van der Waals surface area contributed by atoms with Crippen LogP contribution in [0.3, 0.4) is 0 Å². The summed E-state index contributed by atoms with van der Waals surface area (Å²) < 4.78 is 26.6. The third kappa shape index (κ3) is 5.03. The summed E-state index contributed by atoms with van der Waals surface area (Å²) in [6, 6.07) is 7.01. The largest absolute Gasteiger partial charge is 0.325 e. The van der Waals surface area contributed by atoms with Gasteiger partial charge in [-0.2, -0.15) is 4.31 Å². The predicted molar refractivity (Wildman–Crippen MR) is 99.2 cm³/mol. The van der Waals surface area contributed by atoms with E-state index in [4.69, 9.17) is 0 Å². The maximum atomic E-state index is 12.6. The van der Waals surface area contributed by atoms with Crippen molar-refractivity contribution in [2.24, 2.45) is 0 Å². The number of rotatable bonds is 7. The van der Waals surface area contributed by atoms with Gasteiger partial charge in [0.15, 0.2) is 6.54 Å². The van der Waals surface area contributed by atoms with E-state index in [2.05, 4.69) is 12.2 Å². The number of sulfonamides is 1. The molecule has 25 heavy (non-hydrogen) atoms. The van der Waals surface area contributed by atoms with Crippen molar-refractivity contribution in [1.82, 2.24) is 4.31 Å². The van der Waals surface area contributed by atoms with Crippen molar-refractivity contribution in [2.45, 2.75) is 51.0 Å². The number of nitrogens with zero attached hydrogens (tertiary/aromatic N) is 1. The molecular weight excluding hydrogens is 338 g/mol. The number of carbonyl (C=O) groups excluding carboxylic acids is 1. The average Bonchev–Trinajstić information content (AvgIpc) is 2.58. The van der Waals surface area contributed by atoms with Gasteiger partial charge in [-0.15, -0.1) is 0 Å². The van der Waals surface area contributed by atoms with Crippen LogP contribution in [0.5, 0.6) is 0 Å². The van der Waals surface area contributed by atoms with E-state index in [9.17, 15) is 13.2 Å². The second-order valence-corrected chi connectivity index (χ2v) is 8.59. The second-order valence-electron chi connectivity index (χ2n) is 6.65. The monoisotopic (exact) mass is 368 g/mol. The average molecular weight is 369 g/mol. The minimum Gasteiger partial charge on any atom is -0.325 e. The maximum absolute atomic E-state index is 12.6. The Morgan fingerprint density at radius 1 is 1.28 bits per heavy atom. The van der Waals surface area contributed by atoms with Gasteiger partial charge in [0.1, 0.15) is 0 Å². The zero-order chi connectivity index (χ0) is 18.4. The van der Waals surface area contributed by atoms with Gasteiger partial charge >= 0.3 is 0 Å². The first-order valence-corrected chi connectivity index (χ1v) is 10.6. The van der Waals surface area contributed by atoms with E-state index in [1.165, 1.54) is 15.6 Å². The quantitative estimate of drug-likeness (QED) is 0.757. The van der Waals surface area contributed by atoms with Gasteiger partial charge in [-0.3, -0.25) is 4.79 Å². The van der Waals surface area contributed by atoms with E-state index in [0.717, 1.165) is 19.4 Å². The molecule has 1 fully saturated rings. The zero-order valence-electron chi connectivity index (χ0n) is 15.4. The molecule has 6 nitrogen and oxygen atoms in total. The van der Waals surface area contributed by atoms with Gasteiger partial charge in [-0.05, 0) is 44.4 Å². The zero-order valence-corrected chi connectivity index (χ0v) is 16.2. The van der Waals surface area contributed by atoms with Crippen molar-refractivity contribution in [1.29, 1.82) is 0 Å². The molecule has 1 aliphatic heterocycles. The highest BCUT2D eigenvalue weighted by atomic mass is 32.2. The fraction of sp³-hybridized carbons (Fsp3) is 0.611. The van der Waals surface area contributed by atoms with Crippen LogP contribution in [0.4, 0.5) is 5.69 Å². The Morgan fingerprint density at radius 3 is 2.64 bits per heavy atom. The molecule has 2 rings (SSSR count). The fourth-order valence-corrected chi connectivity index (χ4v) is 4.88. The predicted octanol–water partition coefficient (Wildman–Crippen LogP) is 1.11. The van der Waals surface area contributed by atoms with Crippen LogP contribution in [-0.2, 0) is 14.8 Å². The highest BCUT2D eigenvalue weighted by molar-refractivity contribution is 7.89. The Hall–Kier alpha value is -1.44. The molecule has 140 valence electrons. The molecule has 0 radical (unpaired) electrons. The van der Waals surface area contributed by atoms with E-state index >= 15 is 0 Å². The lowest BCUT2D eigenvalue weighted by molar-refractivity contribution is -0.920. The topological polar surface area (TPSA) is 70.9 Å². The van der Waals surface area contributed by atoms with Crippen molar-refractivity contribution in [3.8, 4) is 0 Å². The first-order valence-electron chi connectivity index (χ1n) is 9.13. The van der Waals surface area contributed by atoms with Gasteiger partial charge in [0.25, 0.3) is 5.91 Å². The summed E-state index contributed by atoms with van der Waals surface area (Å²) in [5.41, 5.74) is 0.530. The number of carbonyl (C=O) groups is 1. The Balaban J connectivity index is 2.07. The first-order chi connectivity index (χ1) is 11.9. The Labute approximate surface area is 151 Å². The molecule has 7 heteroatoms. The molecule has 2 atom stereocenters. The van der Waals surface area contributed by atoms with E-state index < -0.39 is 10.0 Å². The molecular formula is C18H30N3O3S+. The van der Waals surface area contributed by atoms with Crippen molar-refractivity contribution < 1.29 is 18.1 Å². The van der Waals surface area contributed by atoms with Gasteiger partial charge in [0.2, 0.25) is 10.0 Å². The third-order valence-electron chi connectivity index (χ3n) is 4.93. The number of hydrogen-bond donors (Lipinski definition) is 2. The van der Waals surface area contributed by atoms with Gasteiger partial charge in [0.05, 0.1) is 17.5 Å². The van der Waals surface area contributed by atoms with Gasteiger partial charge in [0, 0.05) is 18.8 Å². The number of piperidine rings is 1. The number of anilines is 1. The van der Waals surface area contributed by atoms with Gasteiger partial charge < -0.3 is 10.2 Å². The molecule has 1 saturated heterocycles. The van der Waals surface area contributed by atoms with Crippen molar-refractivity contribution in [3.05, 3.63) is 24.3 Å². The molecule has 0 bridgehead atoms. The lowest BCUT2D eigenvalue weighted by Crippen LogP contribution is -3.17. The summed E-state index contributed by atoms with van der Waals surface area (Å²) in [5, 5.41) is 2.85. The second kappa shape index (κ2) is 8.78. The van der Waals surface area contributed by atoms with E-state index in [-0.39, 0.29) is 10.8 Å². The van der Waals surface area contributed by atoms with Crippen LogP contribution in [-0.4, -0.2) is 50.9 Å². The normalized spacial score (nSPS) is 21.3. The van der Waals surface area contributed by atoms with E-state index in [1.807, 2.05) is 13.8 Å². The molecule has 2 N–H and O–H groups in total. The van der Waals surface area contributed by atoms with Crippen molar-refractivity contribution >= 4 is 21.6 Å². The van der Waals surface area contributed by atoms with Gasteiger partial charge in [-0.25, -0.2) is 8.42 Å². The molecule has 0 aromatic heterocycles. The van der Waals surface area contributed by atoms with Crippen LogP contribution in [0.1, 0.15) is 40.0 Å². The van der Waals surface area contributed by atoms with Crippen LogP contribution in [0.15, 0.2) is 29.2 Å². The lowest BCUT2D eigenvalue weighted by atomic mass is 10.0. The summed E-state index contributed by atoms with van der Waals surface area (Å²) >= 11 is 0. The Morgan fingerprint density at radius 2 is 2.00 bits per heavy atom. The Kier molecular flexibility index (Phi) is 6.98. The van der Waals surface area contributed by atoms with E-state index in [1.54, 1.807) is 24.3 Å². The molecule has 1 aromatic rings. The molecule has 1 aromatic carbocycles. The molecule has 0 spiro atoms. The minimum absolute atomic E-state index is 0.0684. The number of benzene rings is 1. The SMILES string of the molecule is CCN(CC)S(=O)(=O)c1cccc(NC(=O)C[NH+]2CCCC[C@H]2C)c1. The summed E-state index contributed by atoms with van der Waals surface area (Å²) in [6.07, 6.45) is 3.54. The number of amides is 1. The van der Waals surface area contributed by atoms with Crippen LogP contribution < -0.4 is 10.2 Å². The molecule has 0 saturated carbocycles. The highest BCUT2D eigenvalue weighted by Crippen LogP contribution is 2.19. The number of likely N-dealkylation sites (tertiary alicyclic amines) is 1. The summed E-state index contributed by atoms with van der Waals surface area (Å²) in [5.74, 6) is -0.0684. The molecule has 1 aliphatic rings. The standard InChI is InChI=1S/C18H29N3O3S/c1-4-21(5-2)25(23,24)17-11-8-10-16(13-17)19-18(22)14-20-12-7-6-9-15(20)3/h8,10-11,13,15H,4-7,9,12,14H2,1-3H3,(H,19,22)/p+1/t15-/m1/s1. The number of quaternary nitrogens is 1. The number of hydrogen-bond acceptors (Lipinski definition) is 3.